The zero-order valence-corrected chi connectivity index (χ0v) is 11.8. The van der Waals surface area contributed by atoms with Gasteiger partial charge in [-0.2, -0.15) is 0 Å². The zero-order chi connectivity index (χ0) is 16.2. The summed E-state index contributed by atoms with van der Waals surface area (Å²) in [7, 11) is 0. The average molecular weight is 330 g/mol. The number of nitrogens with two attached hydrogens (primary N) is 2. The van der Waals surface area contributed by atoms with Crippen LogP contribution in [-0.2, 0) is 9.53 Å². The predicted molar refractivity (Wildman–Crippen MR) is 82.2 cm³/mol. The van der Waals surface area contributed by atoms with Crippen LogP contribution in [0.4, 0.5) is 4.39 Å². The summed E-state index contributed by atoms with van der Waals surface area (Å²) in [6.45, 7) is 0.653. The van der Waals surface area contributed by atoms with Crippen LogP contribution in [0.1, 0.15) is 24.7 Å². The summed E-state index contributed by atoms with van der Waals surface area (Å²) in [6.07, 6.45) is 0. The van der Waals surface area contributed by atoms with E-state index in [1.165, 1.54) is 19.1 Å². The number of benzene rings is 1. The molecule has 0 aromatic heterocycles. The van der Waals surface area contributed by atoms with Gasteiger partial charge in [-0.15, -0.1) is 0 Å². The third-order valence-corrected chi connectivity index (χ3v) is 2.67. The third-order valence-electron chi connectivity index (χ3n) is 2.43. The molecule has 0 spiro atoms. The van der Waals surface area contributed by atoms with Gasteiger partial charge < -0.3 is 16.2 Å². The van der Waals surface area contributed by atoms with Gasteiger partial charge in [0.2, 0.25) is 5.78 Å². The summed E-state index contributed by atoms with van der Waals surface area (Å²) >= 11 is 5.57. The Labute approximate surface area is 132 Å². The Morgan fingerprint density at radius 3 is 2.41 bits per heavy atom. The average Bonchev–Trinajstić information content (AvgIpc) is 2.35. The maximum Gasteiger partial charge on any atom is 0.344 e. The van der Waals surface area contributed by atoms with E-state index in [1.807, 2.05) is 0 Å². The zero-order valence-electron chi connectivity index (χ0n) is 11.1. The van der Waals surface area contributed by atoms with Gasteiger partial charge in [0.1, 0.15) is 17.2 Å². The summed E-state index contributed by atoms with van der Waals surface area (Å²) in [5.41, 5.74) is 9.97. The smallest absolute Gasteiger partial charge is 0.344 e. The van der Waals surface area contributed by atoms with Gasteiger partial charge in [0.25, 0.3) is 0 Å². The van der Waals surface area contributed by atoms with Crippen molar-refractivity contribution in [2.24, 2.45) is 11.5 Å². The summed E-state index contributed by atoms with van der Waals surface area (Å²) < 4.78 is 18.2. The second kappa shape index (κ2) is 8.14. The molecule has 0 aliphatic rings. The number of ether oxygens (including phenoxy) is 1. The molecule has 22 heavy (non-hydrogen) atoms. The Kier molecular flexibility index (Phi) is 7.24. The highest BCUT2D eigenvalue weighted by atomic mass is 35.5. The van der Waals surface area contributed by atoms with Crippen LogP contribution in [0.25, 0.3) is 0 Å². The van der Waals surface area contributed by atoms with Gasteiger partial charge in [-0.1, -0.05) is 19.0 Å². The Bertz CT molecular complexity index is 640. The monoisotopic (exact) mass is 329 g/mol. The van der Waals surface area contributed by atoms with E-state index in [9.17, 15) is 14.0 Å². The number of esters is 1. The van der Waals surface area contributed by atoms with Crippen molar-refractivity contribution in [3.8, 4) is 0 Å². The summed E-state index contributed by atoms with van der Waals surface area (Å²) in [6, 6.07) is 3.50. The third kappa shape index (κ3) is 4.85. The molecular formula is C14H17ClFN3O3. The first-order valence-corrected chi connectivity index (χ1v) is 6.08. The van der Waals surface area contributed by atoms with Crippen LogP contribution >= 0.6 is 11.6 Å². The molecule has 0 heterocycles. The molecule has 0 unspecified atom stereocenters. The van der Waals surface area contributed by atoms with Crippen LogP contribution in [-0.4, -0.2) is 24.2 Å². The minimum Gasteiger partial charge on any atom is -0.454 e. The second-order valence-electron chi connectivity index (χ2n) is 4.10. The van der Waals surface area contributed by atoms with Gasteiger partial charge in [-0.05, 0) is 25.1 Å². The molecule has 0 saturated carbocycles. The Hall–Kier alpha value is -2.41. The molecule has 120 valence electrons. The van der Waals surface area contributed by atoms with Crippen molar-refractivity contribution >= 4 is 29.2 Å². The number of carbonyl (C=O) groups is 2. The van der Waals surface area contributed by atoms with Gasteiger partial charge in [0.15, 0.2) is 6.61 Å². The van der Waals surface area contributed by atoms with Crippen LogP contribution in [0.15, 0.2) is 29.5 Å². The van der Waals surface area contributed by atoms with E-state index in [-0.39, 0.29) is 29.3 Å². The number of ketones is 1. The Morgan fingerprint density at radius 2 is 1.95 bits per heavy atom. The Morgan fingerprint density at radius 1 is 1.36 bits per heavy atom. The van der Waals surface area contributed by atoms with Crippen LogP contribution in [0.3, 0.4) is 0 Å². The molecule has 0 radical (unpaired) electrons. The molecule has 6 nitrogen and oxygen atoms in total. The minimum absolute atomic E-state index is 0. The minimum atomic E-state index is -1.02. The second-order valence-corrected chi connectivity index (χ2v) is 4.53. The van der Waals surface area contributed by atoms with Gasteiger partial charge in [0, 0.05) is 10.7 Å². The van der Waals surface area contributed by atoms with Gasteiger partial charge in [0.05, 0.1) is 5.56 Å². The fourth-order valence-electron chi connectivity index (χ4n) is 1.48. The summed E-state index contributed by atoms with van der Waals surface area (Å²) in [4.78, 5) is 23.4. The van der Waals surface area contributed by atoms with Gasteiger partial charge >= 0.3 is 5.97 Å². The molecule has 0 saturated heterocycles. The van der Waals surface area contributed by atoms with Crippen LogP contribution in [0.5, 0.6) is 0 Å². The number of halogens is 2. The molecule has 0 amide bonds. The lowest BCUT2D eigenvalue weighted by atomic mass is 10.1. The molecule has 0 fully saturated rings. The van der Waals surface area contributed by atoms with Crippen LogP contribution < -0.4 is 11.5 Å². The SMILES string of the molecule is C.CC(N)=C(C(=N)N)C(=O)OCC(=O)c1ccc(Cl)cc1F. The van der Waals surface area contributed by atoms with Crippen molar-refractivity contribution in [2.75, 3.05) is 6.61 Å². The molecule has 1 aromatic carbocycles. The van der Waals surface area contributed by atoms with Crippen LogP contribution in [0, 0.1) is 11.2 Å². The highest BCUT2D eigenvalue weighted by Crippen LogP contribution is 2.15. The number of hydrogen-bond acceptors (Lipinski definition) is 5. The van der Waals surface area contributed by atoms with E-state index in [2.05, 4.69) is 4.74 Å². The van der Waals surface area contributed by atoms with E-state index in [0.717, 1.165) is 6.07 Å². The van der Waals surface area contributed by atoms with Crippen LogP contribution in [0.2, 0.25) is 5.02 Å². The molecule has 1 rings (SSSR count). The fourth-order valence-corrected chi connectivity index (χ4v) is 1.64. The summed E-state index contributed by atoms with van der Waals surface area (Å²) in [5, 5.41) is 7.34. The van der Waals surface area contributed by atoms with Crippen molar-refractivity contribution in [2.45, 2.75) is 14.4 Å². The first kappa shape index (κ1) is 19.6. The number of amidine groups is 1. The Balaban J connectivity index is 0.00000441. The largest absolute Gasteiger partial charge is 0.454 e. The molecular weight excluding hydrogens is 313 g/mol. The number of rotatable bonds is 5. The molecule has 1 aromatic rings. The molecule has 0 aliphatic heterocycles. The number of allylic oxidation sites excluding steroid dienone is 1. The summed E-state index contributed by atoms with van der Waals surface area (Å²) in [5.74, 6) is -3.17. The highest BCUT2D eigenvalue weighted by Gasteiger charge is 2.19. The number of nitrogens with one attached hydrogen (secondary N) is 1. The quantitative estimate of drug-likeness (QED) is 0.251. The lowest BCUT2D eigenvalue weighted by Gasteiger charge is -2.08. The van der Waals surface area contributed by atoms with Gasteiger partial charge in [-0.25, -0.2) is 9.18 Å². The number of carbonyl (C=O) groups excluding carboxylic acids is 2. The van der Waals surface area contributed by atoms with Crippen molar-refractivity contribution in [3.63, 3.8) is 0 Å². The van der Waals surface area contributed by atoms with Crippen molar-refractivity contribution in [1.82, 2.24) is 0 Å². The van der Waals surface area contributed by atoms with E-state index < -0.39 is 30.0 Å². The first-order chi connectivity index (χ1) is 9.73. The lowest BCUT2D eigenvalue weighted by Crippen LogP contribution is -2.27. The molecule has 0 bridgehead atoms. The standard InChI is InChI=1S/C13H13ClFN3O3.CH4/c1-6(16)11(12(17)18)13(20)21-5-10(19)8-3-2-7(14)4-9(8)15;/h2-4H,5,16H2,1H3,(H3,17,18);1H4. The van der Waals surface area contributed by atoms with E-state index in [1.54, 1.807) is 0 Å². The normalized spacial score (nSPS) is 11.0. The first-order valence-electron chi connectivity index (χ1n) is 5.70. The maximum atomic E-state index is 13.5. The molecule has 0 atom stereocenters. The number of Topliss-reactive ketones (excluding diaryl/α,β-unsaturated/α-hetero) is 1. The van der Waals surface area contributed by atoms with Gasteiger partial charge in [-0.3, -0.25) is 10.2 Å². The van der Waals surface area contributed by atoms with E-state index >= 15 is 0 Å². The van der Waals surface area contributed by atoms with Crippen molar-refractivity contribution in [3.05, 3.63) is 45.9 Å². The topological polar surface area (TPSA) is 119 Å². The highest BCUT2D eigenvalue weighted by molar-refractivity contribution is 6.30. The predicted octanol–water partition coefficient (Wildman–Crippen LogP) is 2.01. The molecule has 8 heteroatoms. The lowest BCUT2D eigenvalue weighted by molar-refractivity contribution is -0.137. The van der Waals surface area contributed by atoms with Crippen molar-refractivity contribution < 1.29 is 18.7 Å². The number of hydrogen-bond donors (Lipinski definition) is 3. The van der Waals surface area contributed by atoms with E-state index in [0.29, 0.717) is 0 Å². The maximum absolute atomic E-state index is 13.5. The van der Waals surface area contributed by atoms with Crippen molar-refractivity contribution in [1.29, 1.82) is 5.41 Å². The molecule has 5 N–H and O–H groups in total. The molecule has 0 aliphatic carbocycles. The fraction of sp³-hybridized carbons (Fsp3) is 0.214. The van der Waals surface area contributed by atoms with E-state index in [4.69, 9.17) is 28.5 Å².